The molecule has 0 aliphatic heterocycles. The summed E-state index contributed by atoms with van der Waals surface area (Å²) in [6.45, 7) is 7.70. The average molecular weight is 399 g/mol. The standard InChI is InChI=1S/C21H22FN3O2S/c1-12-5-6-17(11-13(12)2)20-24-25-21(27-20)28-15(4)19(26)23-14(3)16-7-9-18(22)10-8-16/h5-11,14-15H,1-4H3,(H,23,26)/t14-,15+/m1/s1. The second-order valence-corrected chi connectivity index (χ2v) is 8.01. The highest BCUT2D eigenvalue weighted by atomic mass is 32.2. The van der Waals surface area contributed by atoms with E-state index in [2.05, 4.69) is 15.5 Å². The molecule has 0 aliphatic carbocycles. The molecule has 146 valence electrons. The minimum Gasteiger partial charge on any atom is -0.411 e. The lowest BCUT2D eigenvalue weighted by atomic mass is 10.1. The Kier molecular flexibility index (Phi) is 6.14. The molecule has 1 amide bonds. The van der Waals surface area contributed by atoms with Gasteiger partial charge in [0.2, 0.25) is 11.8 Å². The number of thioether (sulfide) groups is 1. The summed E-state index contributed by atoms with van der Waals surface area (Å²) in [4.78, 5) is 12.5. The smallest absolute Gasteiger partial charge is 0.277 e. The molecular formula is C21H22FN3O2S. The fourth-order valence-corrected chi connectivity index (χ4v) is 3.31. The topological polar surface area (TPSA) is 68.0 Å². The van der Waals surface area contributed by atoms with E-state index in [0.717, 1.165) is 16.7 Å². The third kappa shape index (κ3) is 4.78. The van der Waals surface area contributed by atoms with Crippen LogP contribution in [-0.2, 0) is 4.79 Å². The Morgan fingerprint density at radius 2 is 1.79 bits per heavy atom. The number of carbonyl (C=O) groups excluding carboxylic acids is 1. The molecule has 3 aromatic rings. The van der Waals surface area contributed by atoms with Crippen LogP contribution < -0.4 is 5.32 Å². The van der Waals surface area contributed by atoms with Crippen molar-refractivity contribution in [2.24, 2.45) is 0 Å². The minimum atomic E-state index is -0.420. The summed E-state index contributed by atoms with van der Waals surface area (Å²) in [6.07, 6.45) is 0. The van der Waals surface area contributed by atoms with Crippen molar-refractivity contribution >= 4 is 17.7 Å². The first-order chi connectivity index (χ1) is 13.3. The van der Waals surface area contributed by atoms with Crippen molar-refractivity contribution in [2.45, 2.75) is 44.2 Å². The zero-order valence-corrected chi connectivity index (χ0v) is 17.0. The number of aryl methyl sites for hydroxylation is 2. The Hall–Kier alpha value is -2.67. The molecule has 3 rings (SSSR count). The molecule has 28 heavy (non-hydrogen) atoms. The summed E-state index contributed by atoms with van der Waals surface area (Å²) >= 11 is 1.20. The van der Waals surface area contributed by atoms with Crippen molar-refractivity contribution < 1.29 is 13.6 Å². The number of hydrogen-bond acceptors (Lipinski definition) is 5. The van der Waals surface area contributed by atoms with Gasteiger partial charge in [0, 0.05) is 5.56 Å². The number of rotatable bonds is 6. The number of amides is 1. The van der Waals surface area contributed by atoms with E-state index in [9.17, 15) is 9.18 Å². The number of nitrogens with one attached hydrogen (secondary N) is 1. The quantitative estimate of drug-likeness (QED) is 0.600. The number of hydrogen-bond donors (Lipinski definition) is 1. The summed E-state index contributed by atoms with van der Waals surface area (Å²) < 4.78 is 18.7. The Balaban J connectivity index is 1.61. The van der Waals surface area contributed by atoms with Gasteiger partial charge in [0.25, 0.3) is 5.22 Å². The predicted octanol–water partition coefficient (Wildman–Crippen LogP) is 4.85. The van der Waals surface area contributed by atoms with Gasteiger partial charge in [-0.15, -0.1) is 10.2 Å². The van der Waals surface area contributed by atoms with E-state index in [1.807, 2.05) is 39.0 Å². The number of aromatic nitrogens is 2. The number of nitrogens with zero attached hydrogens (tertiary/aromatic N) is 2. The first-order valence-electron chi connectivity index (χ1n) is 8.97. The molecule has 0 saturated heterocycles. The van der Waals surface area contributed by atoms with E-state index in [1.54, 1.807) is 19.1 Å². The van der Waals surface area contributed by atoms with Crippen molar-refractivity contribution in [2.75, 3.05) is 0 Å². The molecule has 0 radical (unpaired) electrons. The third-order valence-corrected chi connectivity index (χ3v) is 5.47. The first-order valence-corrected chi connectivity index (χ1v) is 9.85. The van der Waals surface area contributed by atoms with Crippen LogP contribution in [0.3, 0.4) is 0 Å². The van der Waals surface area contributed by atoms with Crippen molar-refractivity contribution in [3.05, 3.63) is 65.0 Å². The maximum Gasteiger partial charge on any atom is 0.277 e. The van der Waals surface area contributed by atoms with Gasteiger partial charge >= 0.3 is 0 Å². The minimum absolute atomic E-state index is 0.159. The molecule has 0 bridgehead atoms. The largest absolute Gasteiger partial charge is 0.411 e. The van der Waals surface area contributed by atoms with Crippen LogP contribution in [0, 0.1) is 19.7 Å². The number of benzene rings is 2. The second kappa shape index (κ2) is 8.56. The molecule has 0 fully saturated rings. The van der Waals surface area contributed by atoms with E-state index in [0.29, 0.717) is 11.1 Å². The molecule has 1 N–H and O–H groups in total. The van der Waals surface area contributed by atoms with Crippen LogP contribution in [0.5, 0.6) is 0 Å². The first kappa shape index (κ1) is 20.1. The fourth-order valence-electron chi connectivity index (χ4n) is 2.62. The monoisotopic (exact) mass is 399 g/mol. The molecule has 1 aromatic heterocycles. The van der Waals surface area contributed by atoms with Gasteiger partial charge in [0.05, 0.1) is 11.3 Å². The Morgan fingerprint density at radius 1 is 1.07 bits per heavy atom. The van der Waals surface area contributed by atoms with Crippen molar-refractivity contribution in [3.63, 3.8) is 0 Å². The molecule has 2 aromatic carbocycles. The van der Waals surface area contributed by atoms with Crippen LogP contribution in [0.25, 0.3) is 11.5 Å². The average Bonchev–Trinajstić information content (AvgIpc) is 3.12. The van der Waals surface area contributed by atoms with Crippen LogP contribution in [0.15, 0.2) is 52.1 Å². The Labute approximate surface area is 167 Å². The van der Waals surface area contributed by atoms with E-state index < -0.39 is 5.25 Å². The normalized spacial score (nSPS) is 13.2. The highest BCUT2D eigenvalue weighted by Gasteiger charge is 2.20. The zero-order chi connectivity index (χ0) is 20.3. The second-order valence-electron chi connectivity index (χ2n) is 6.71. The highest BCUT2D eigenvalue weighted by Crippen LogP contribution is 2.27. The Morgan fingerprint density at radius 3 is 2.46 bits per heavy atom. The lowest BCUT2D eigenvalue weighted by molar-refractivity contribution is -0.120. The van der Waals surface area contributed by atoms with Crippen molar-refractivity contribution in [3.8, 4) is 11.5 Å². The molecule has 5 nitrogen and oxygen atoms in total. The summed E-state index contributed by atoms with van der Waals surface area (Å²) in [6, 6.07) is 11.8. The fraction of sp³-hybridized carbons (Fsp3) is 0.286. The zero-order valence-electron chi connectivity index (χ0n) is 16.2. The van der Waals surface area contributed by atoms with Crippen LogP contribution in [0.4, 0.5) is 4.39 Å². The number of carbonyl (C=O) groups is 1. The maximum absolute atomic E-state index is 13.0. The van der Waals surface area contributed by atoms with Gasteiger partial charge in [0.1, 0.15) is 5.82 Å². The van der Waals surface area contributed by atoms with E-state index in [4.69, 9.17) is 4.42 Å². The summed E-state index contributed by atoms with van der Waals surface area (Å²) in [7, 11) is 0. The summed E-state index contributed by atoms with van der Waals surface area (Å²) in [5, 5.41) is 11.0. The molecule has 2 atom stereocenters. The van der Waals surface area contributed by atoms with Crippen LogP contribution in [0.2, 0.25) is 0 Å². The van der Waals surface area contributed by atoms with E-state index in [-0.39, 0.29) is 17.8 Å². The molecule has 7 heteroatoms. The van der Waals surface area contributed by atoms with Gasteiger partial charge in [0.15, 0.2) is 0 Å². The van der Waals surface area contributed by atoms with E-state index >= 15 is 0 Å². The molecular weight excluding hydrogens is 377 g/mol. The highest BCUT2D eigenvalue weighted by molar-refractivity contribution is 8.00. The summed E-state index contributed by atoms with van der Waals surface area (Å²) in [5.74, 6) is -0.0344. The van der Waals surface area contributed by atoms with Gasteiger partial charge in [-0.3, -0.25) is 4.79 Å². The van der Waals surface area contributed by atoms with Gasteiger partial charge in [-0.1, -0.05) is 30.0 Å². The SMILES string of the molecule is Cc1ccc(-c2nnc(S[C@@H](C)C(=O)N[C@H](C)c3ccc(F)cc3)o2)cc1C. The van der Waals surface area contributed by atoms with Crippen LogP contribution >= 0.6 is 11.8 Å². The van der Waals surface area contributed by atoms with E-state index in [1.165, 1.54) is 29.5 Å². The molecule has 0 spiro atoms. The van der Waals surface area contributed by atoms with Gasteiger partial charge in [-0.2, -0.15) is 0 Å². The predicted molar refractivity (Wildman–Crippen MR) is 107 cm³/mol. The van der Waals surface area contributed by atoms with Gasteiger partial charge < -0.3 is 9.73 Å². The van der Waals surface area contributed by atoms with Crippen molar-refractivity contribution in [1.82, 2.24) is 15.5 Å². The lowest BCUT2D eigenvalue weighted by Crippen LogP contribution is -2.33. The lowest BCUT2D eigenvalue weighted by Gasteiger charge is -2.16. The third-order valence-electron chi connectivity index (χ3n) is 4.54. The molecule has 0 aliphatic rings. The molecule has 0 saturated carbocycles. The maximum atomic E-state index is 13.0. The van der Waals surface area contributed by atoms with Crippen LogP contribution in [-0.4, -0.2) is 21.4 Å². The molecule has 1 heterocycles. The van der Waals surface area contributed by atoms with Gasteiger partial charge in [-0.05, 0) is 68.7 Å². The summed E-state index contributed by atoms with van der Waals surface area (Å²) in [5.41, 5.74) is 4.03. The Bertz CT molecular complexity index is 972. The molecule has 0 unspecified atom stereocenters. The van der Waals surface area contributed by atoms with Crippen molar-refractivity contribution in [1.29, 1.82) is 0 Å². The van der Waals surface area contributed by atoms with Crippen LogP contribution in [0.1, 0.15) is 36.6 Å². The number of halogens is 1. The van der Waals surface area contributed by atoms with Gasteiger partial charge in [-0.25, -0.2) is 4.39 Å².